The summed E-state index contributed by atoms with van der Waals surface area (Å²) < 4.78 is 117. The molecule has 0 amide bonds. The van der Waals surface area contributed by atoms with Gasteiger partial charge in [-0.3, -0.25) is 4.90 Å². The normalized spacial score (nSPS) is 28.0. The quantitative estimate of drug-likeness (QED) is 0.286. The first-order chi connectivity index (χ1) is 22.4. The van der Waals surface area contributed by atoms with Crippen molar-refractivity contribution < 1.29 is 40.2 Å². The van der Waals surface area contributed by atoms with Crippen LogP contribution in [-0.2, 0) is 10.9 Å². The molecule has 4 aromatic rings. The monoisotopic (exact) mass is 683 g/mol. The highest BCUT2D eigenvalue weighted by molar-refractivity contribution is 7.22. The Kier molecular flexibility index (Phi) is 7.20. The van der Waals surface area contributed by atoms with E-state index in [2.05, 4.69) is 20.3 Å². The highest BCUT2D eigenvalue weighted by Gasteiger charge is 2.53. The lowest BCUT2D eigenvalue weighted by Gasteiger charge is -2.47. The number of hydrogen-bond acceptors (Lipinski definition) is 10. The van der Waals surface area contributed by atoms with Crippen LogP contribution in [0.4, 0.5) is 41.7 Å². The zero-order valence-electron chi connectivity index (χ0n) is 24.6. The minimum Gasteiger partial charge on any atom is -0.461 e. The summed E-state index contributed by atoms with van der Waals surface area (Å²) >= 11 is 0.730. The number of fused-ring (bicyclic) bond motifs is 5. The highest BCUT2D eigenvalue weighted by Crippen LogP contribution is 2.47. The summed E-state index contributed by atoms with van der Waals surface area (Å²) in [5.41, 5.74) is 1.60. The van der Waals surface area contributed by atoms with Crippen LogP contribution in [0.3, 0.4) is 0 Å². The zero-order chi connectivity index (χ0) is 32.8. The second kappa shape index (κ2) is 11.0. The van der Waals surface area contributed by atoms with E-state index in [1.807, 2.05) is 0 Å². The largest absolute Gasteiger partial charge is 0.461 e. The summed E-state index contributed by atoms with van der Waals surface area (Å²) in [6, 6.07) is 1.72. The summed E-state index contributed by atoms with van der Waals surface area (Å²) in [6.07, 6.45) is -7.38. The van der Waals surface area contributed by atoms with Crippen LogP contribution in [0.25, 0.3) is 32.2 Å². The molecule has 2 aromatic heterocycles. The molecule has 17 heteroatoms. The van der Waals surface area contributed by atoms with Crippen molar-refractivity contribution in [1.82, 2.24) is 25.2 Å². The molecule has 4 saturated heterocycles. The van der Waals surface area contributed by atoms with Gasteiger partial charge in [-0.1, -0.05) is 11.3 Å². The van der Waals surface area contributed by atoms with Crippen LogP contribution < -0.4 is 20.7 Å². The van der Waals surface area contributed by atoms with Gasteiger partial charge in [-0.25, -0.2) is 22.5 Å². The fraction of sp³-hybridized carbons (Fsp3) is 0.500. The van der Waals surface area contributed by atoms with Gasteiger partial charge in [-0.2, -0.15) is 23.1 Å². The van der Waals surface area contributed by atoms with Crippen LogP contribution >= 0.6 is 11.3 Å². The summed E-state index contributed by atoms with van der Waals surface area (Å²) in [7, 11) is 0. The van der Waals surface area contributed by atoms with Crippen molar-refractivity contribution in [1.29, 1.82) is 0 Å². The Balaban J connectivity index is 1.34. The number of thiazole rings is 1. The average Bonchev–Trinajstić information content (AvgIpc) is 3.64. The third kappa shape index (κ3) is 5.04. The molecular weight excluding hydrogens is 655 g/mol. The van der Waals surface area contributed by atoms with E-state index in [0.29, 0.717) is 13.1 Å². The Bertz CT molecular complexity index is 1860. The van der Waals surface area contributed by atoms with Crippen LogP contribution in [0.2, 0.25) is 0 Å². The molecule has 2 bridgehead atoms. The van der Waals surface area contributed by atoms with E-state index in [0.717, 1.165) is 29.5 Å². The molecule has 3 N–H and O–H groups in total. The molecule has 0 saturated carbocycles. The Hall–Kier alpha value is -3.54. The lowest BCUT2D eigenvalue weighted by atomic mass is 9.94. The fourth-order valence-electron chi connectivity index (χ4n) is 7.65. The number of morpholine rings is 1. The van der Waals surface area contributed by atoms with Crippen molar-refractivity contribution in [3.8, 4) is 17.1 Å². The van der Waals surface area contributed by atoms with Crippen LogP contribution in [-0.4, -0.2) is 95.8 Å². The average molecular weight is 684 g/mol. The summed E-state index contributed by atoms with van der Waals surface area (Å²) in [4.78, 5) is 16.3. The molecule has 47 heavy (non-hydrogen) atoms. The molecule has 4 aliphatic heterocycles. The number of nitrogen functional groups attached to an aromatic ring is 1. The first-order valence-electron chi connectivity index (χ1n) is 15.1. The van der Waals surface area contributed by atoms with Crippen LogP contribution in [0.1, 0.15) is 18.4 Å². The van der Waals surface area contributed by atoms with Gasteiger partial charge in [-0.05, 0) is 18.2 Å². The van der Waals surface area contributed by atoms with Gasteiger partial charge in [0.05, 0.1) is 46.6 Å². The minimum atomic E-state index is -5.05. The van der Waals surface area contributed by atoms with Crippen molar-refractivity contribution in [2.24, 2.45) is 0 Å². The number of anilines is 2. The minimum absolute atomic E-state index is 0.0156. The van der Waals surface area contributed by atoms with Gasteiger partial charge in [0.15, 0.2) is 10.9 Å². The number of rotatable bonds is 5. The van der Waals surface area contributed by atoms with Crippen molar-refractivity contribution in [3.05, 3.63) is 35.4 Å². The maximum atomic E-state index is 16.9. The number of nitrogens with zero attached hydrogens (tertiary/aromatic N) is 5. The lowest BCUT2D eigenvalue weighted by molar-refractivity contribution is -0.137. The van der Waals surface area contributed by atoms with Gasteiger partial charge in [0.2, 0.25) is 0 Å². The molecule has 0 aliphatic carbocycles. The Morgan fingerprint density at radius 1 is 1.02 bits per heavy atom. The molecule has 0 radical (unpaired) electrons. The number of halogens is 7. The van der Waals surface area contributed by atoms with Crippen molar-refractivity contribution >= 4 is 43.4 Å². The number of alkyl halides is 5. The predicted octanol–water partition coefficient (Wildman–Crippen LogP) is 4.87. The van der Waals surface area contributed by atoms with E-state index in [9.17, 15) is 26.3 Å². The van der Waals surface area contributed by atoms with Crippen molar-refractivity contribution in [3.63, 3.8) is 0 Å². The summed E-state index contributed by atoms with van der Waals surface area (Å²) in [5, 5.41) is 2.95. The maximum Gasteiger partial charge on any atom is 0.417 e. The van der Waals surface area contributed by atoms with Crippen molar-refractivity contribution in [2.75, 3.05) is 56.6 Å². The maximum absolute atomic E-state index is 16.9. The van der Waals surface area contributed by atoms with Crippen LogP contribution in [0.5, 0.6) is 6.01 Å². The van der Waals surface area contributed by atoms with E-state index in [1.54, 1.807) is 9.80 Å². The number of benzene rings is 2. The zero-order valence-corrected chi connectivity index (χ0v) is 25.4. The standard InChI is InChI=1S/C30H28F7N7O2S/c31-13-4-29(5-14(32)9-43(29)8-13)12-46-28-41-23-18(26(42-28)44-15-6-39-7-16(44)11-45-10-15)3-19(30(35,36)37)21(22(23)34)17-1-2-20(33)25-24(17)40-27(38)47-25/h1-3,13-16,39H,4-12H2,(H2,38,40). The van der Waals surface area contributed by atoms with Gasteiger partial charge < -0.3 is 25.4 Å². The number of nitrogens with two attached hydrogens (primary N) is 1. The lowest BCUT2D eigenvalue weighted by Crippen LogP contribution is -2.64. The van der Waals surface area contributed by atoms with E-state index < -0.39 is 52.3 Å². The van der Waals surface area contributed by atoms with E-state index >= 15 is 4.39 Å². The number of piperazine rings is 1. The number of hydrogen-bond donors (Lipinski definition) is 2. The predicted molar refractivity (Wildman–Crippen MR) is 160 cm³/mol. The van der Waals surface area contributed by atoms with E-state index in [1.165, 1.54) is 0 Å². The third-order valence-corrected chi connectivity index (χ3v) is 10.5. The van der Waals surface area contributed by atoms with Crippen LogP contribution in [0, 0.1) is 11.6 Å². The smallest absolute Gasteiger partial charge is 0.417 e. The van der Waals surface area contributed by atoms with E-state index in [4.69, 9.17) is 15.2 Å². The molecule has 4 unspecified atom stereocenters. The second-order valence-electron chi connectivity index (χ2n) is 12.6. The molecule has 250 valence electrons. The number of aromatic nitrogens is 3. The molecule has 9 nitrogen and oxygen atoms in total. The highest BCUT2D eigenvalue weighted by atomic mass is 32.1. The second-order valence-corrected chi connectivity index (χ2v) is 13.6. The molecule has 2 aromatic carbocycles. The molecular formula is C30H28F7N7O2S. The third-order valence-electron chi connectivity index (χ3n) is 9.57. The Morgan fingerprint density at radius 3 is 2.40 bits per heavy atom. The van der Waals surface area contributed by atoms with Gasteiger partial charge in [0.25, 0.3) is 0 Å². The van der Waals surface area contributed by atoms with Crippen molar-refractivity contribution in [2.45, 2.75) is 49.0 Å². The first-order valence-corrected chi connectivity index (χ1v) is 15.9. The van der Waals surface area contributed by atoms with Gasteiger partial charge in [0.1, 0.15) is 36.1 Å². The summed E-state index contributed by atoms with van der Waals surface area (Å²) in [6.45, 7) is 1.22. The topological polar surface area (TPSA) is 102 Å². The van der Waals surface area contributed by atoms with Gasteiger partial charge in [0, 0.05) is 55.5 Å². The van der Waals surface area contributed by atoms with Gasteiger partial charge in [-0.15, -0.1) is 0 Å². The Labute approximate surface area is 266 Å². The number of nitrogens with one attached hydrogen (secondary N) is 1. The summed E-state index contributed by atoms with van der Waals surface area (Å²) in [5.74, 6) is -2.09. The molecule has 8 rings (SSSR count). The van der Waals surface area contributed by atoms with Crippen LogP contribution in [0.15, 0.2) is 18.2 Å². The number of ether oxygens (including phenoxy) is 2. The first kappa shape index (κ1) is 30.8. The molecule has 4 atom stereocenters. The van der Waals surface area contributed by atoms with E-state index in [-0.39, 0.29) is 96.0 Å². The fourth-order valence-corrected chi connectivity index (χ4v) is 8.42. The molecule has 4 aliphatic rings. The molecule has 0 spiro atoms. The SMILES string of the molecule is Nc1nc2c(-c3c(C(F)(F)F)cc4c(N5C6CNCC5COC6)nc(OCC56CC(F)CN5CC(F)C6)nc4c3F)ccc(F)c2s1. The molecule has 4 fully saturated rings. The Morgan fingerprint density at radius 2 is 1.72 bits per heavy atom. The van der Waals surface area contributed by atoms with Gasteiger partial charge >= 0.3 is 12.2 Å². The molecule has 6 heterocycles.